The minimum absolute atomic E-state index is 0.0204. The molecule has 12 heteroatoms. The van der Waals surface area contributed by atoms with Gasteiger partial charge in [0, 0.05) is 18.7 Å². The number of amidine groups is 1. The van der Waals surface area contributed by atoms with E-state index in [9.17, 15) is 23.3 Å². The predicted octanol–water partition coefficient (Wildman–Crippen LogP) is 0.00510. The zero-order chi connectivity index (χ0) is 22.5. The van der Waals surface area contributed by atoms with E-state index in [1.807, 2.05) is 19.9 Å². The summed E-state index contributed by atoms with van der Waals surface area (Å²) >= 11 is 0. The molecule has 0 saturated heterocycles. The first-order valence-electron chi connectivity index (χ1n) is 9.46. The second-order valence-corrected chi connectivity index (χ2v) is 9.03. The van der Waals surface area contributed by atoms with Crippen LogP contribution in [-0.2, 0) is 10.0 Å². The normalized spacial score (nSPS) is 15.0. The second kappa shape index (κ2) is 7.48. The number of hydrogen-bond donors (Lipinski definition) is 3. The maximum atomic E-state index is 12.4. The molecule has 1 aromatic heterocycles. The average molecular weight is 441 g/mol. The molecule has 0 unspecified atom stereocenters. The van der Waals surface area contributed by atoms with Crippen LogP contribution in [-0.4, -0.2) is 59.2 Å². The zero-order valence-electron chi connectivity index (χ0n) is 17.0. The van der Waals surface area contributed by atoms with Crippen LogP contribution < -0.4 is 11.2 Å². The van der Waals surface area contributed by atoms with Crippen LogP contribution >= 0.6 is 0 Å². The SMILES string of the molecule is CC(C)n1c(=O)[nH]c2ccc(/C=N/N(C)C3=NS(=O)(=O)c4cc(B(O)O)ccc43)cc21. The zero-order valence-corrected chi connectivity index (χ0v) is 17.8. The Kier molecular flexibility index (Phi) is 5.08. The Morgan fingerprint density at radius 3 is 2.65 bits per heavy atom. The van der Waals surface area contributed by atoms with Crippen LogP contribution in [0.3, 0.4) is 0 Å². The number of rotatable bonds is 4. The standard InChI is InChI=1S/C19H20BN5O5S/c1-11(2)25-16-8-12(4-7-15(16)22-19(25)26)10-21-24(3)18-14-6-5-13(20(27)28)9-17(14)31(29,30)23-18/h4-11,27-28H,1-3H3,(H,22,26)/b21-10+. The van der Waals surface area contributed by atoms with E-state index in [2.05, 4.69) is 14.5 Å². The van der Waals surface area contributed by atoms with E-state index >= 15 is 0 Å². The van der Waals surface area contributed by atoms with Crippen molar-refractivity contribution in [2.45, 2.75) is 24.8 Å². The maximum absolute atomic E-state index is 12.4. The number of nitrogens with one attached hydrogen (secondary N) is 1. The summed E-state index contributed by atoms with van der Waals surface area (Å²) in [5.41, 5.74) is 2.36. The fourth-order valence-electron chi connectivity index (χ4n) is 3.48. The van der Waals surface area contributed by atoms with Crippen molar-refractivity contribution in [1.82, 2.24) is 14.6 Å². The highest BCUT2D eigenvalue weighted by Crippen LogP contribution is 2.26. The lowest BCUT2D eigenvalue weighted by Gasteiger charge is -2.13. The summed E-state index contributed by atoms with van der Waals surface area (Å²) in [5, 5.41) is 24.2. The van der Waals surface area contributed by atoms with E-state index in [1.54, 1.807) is 30.0 Å². The molecule has 10 nitrogen and oxygen atoms in total. The number of nitrogens with zero attached hydrogens (tertiary/aromatic N) is 4. The molecule has 0 fully saturated rings. The first kappa shape index (κ1) is 21.0. The minimum Gasteiger partial charge on any atom is -0.423 e. The molecule has 0 atom stereocenters. The molecule has 3 aromatic rings. The van der Waals surface area contributed by atoms with Crippen molar-refractivity contribution in [2.24, 2.45) is 9.50 Å². The van der Waals surface area contributed by atoms with Crippen LogP contribution in [0.15, 0.2) is 55.6 Å². The van der Waals surface area contributed by atoms with Crippen molar-refractivity contribution in [1.29, 1.82) is 0 Å². The third kappa shape index (κ3) is 3.69. The molecule has 0 aliphatic carbocycles. The van der Waals surface area contributed by atoms with Crippen LogP contribution in [0.25, 0.3) is 11.0 Å². The monoisotopic (exact) mass is 441 g/mol. The number of imidazole rings is 1. The van der Waals surface area contributed by atoms with Gasteiger partial charge in [-0.3, -0.25) is 4.57 Å². The molecule has 160 valence electrons. The van der Waals surface area contributed by atoms with E-state index in [0.29, 0.717) is 16.6 Å². The number of fused-ring (bicyclic) bond motifs is 2. The molecule has 0 saturated carbocycles. The highest BCUT2D eigenvalue weighted by atomic mass is 32.2. The third-order valence-electron chi connectivity index (χ3n) is 4.97. The molecule has 2 aromatic carbocycles. The van der Waals surface area contributed by atoms with Gasteiger partial charge in [0.05, 0.1) is 17.2 Å². The average Bonchev–Trinajstić information content (AvgIpc) is 3.18. The first-order chi connectivity index (χ1) is 14.6. The summed E-state index contributed by atoms with van der Waals surface area (Å²) in [4.78, 5) is 14.8. The number of hydrogen-bond acceptors (Lipinski definition) is 7. The van der Waals surface area contributed by atoms with Gasteiger partial charge in [-0.15, -0.1) is 4.40 Å². The quantitative estimate of drug-likeness (QED) is 0.296. The summed E-state index contributed by atoms with van der Waals surface area (Å²) < 4.78 is 30.2. The highest BCUT2D eigenvalue weighted by molar-refractivity contribution is 7.90. The summed E-state index contributed by atoms with van der Waals surface area (Å²) in [7, 11) is -4.19. The van der Waals surface area contributed by atoms with Gasteiger partial charge in [-0.25, -0.2) is 9.80 Å². The Hall–Kier alpha value is -3.22. The van der Waals surface area contributed by atoms with Crippen LogP contribution in [0.1, 0.15) is 31.0 Å². The molecule has 3 N–H and O–H groups in total. The molecule has 0 amide bonds. The van der Waals surface area contributed by atoms with Crippen LogP contribution in [0.4, 0.5) is 0 Å². The van der Waals surface area contributed by atoms with Gasteiger partial charge in [-0.1, -0.05) is 18.2 Å². The first-order valence-corrected chi connectivity index (χ1v) is 10.9. The Balaban J connectivity index is 1.67. The Morgan fingerprint density at radius 1 is 1.23 bits per heavy atom. The molecular weight excluding hydrogens is 421 g/mol. The van der Waals surface area contributed by atoms with Gasteiger partial charge in [0.15, 0.2) is 5.84 Å². The number of hydrazone groups is 1. The van der Waals surface area contributed by atoms with Crippen LogP contribution in [0, 0.1) is 0 Å². The Labute approximate surface area is 178 Å². The topological polar surface area (TPSA) is 140 Å². The van der Waals surface area contributed by atoms with Crippen molar-refractivity contribution in [3.8, 4) is 0 Å². The number of sulfonamides is 1. The van der Waals surface area contributed by atoms with Gasteiger partial charge in [-0.2, -0.15) is 13.5 Å². The smallest absolute Gasteiger partial charge is 0.423 e. The van der Waals surface area contributed by atoms with Crippen LogP contribution in [0.2, 0.25) is 0 Å². The molecule has 2 heterocycles. The lowest BCUT2D eigenvalue weighted by atomic mass is 9.80. The fourth-order valence-corrected chi connectivity index (χ4v) is 4.75. The van der Waals surface area contributed by atoms with Crippen molar-refractivity contribution in [3.05, 3.63) is 58.0 Å². The van der Waals surface area contributed by atoms with E-state index in [-0.39, 0.29) is 27.9 Å². The van der Waals surface area contributed by atoms with E-state index in [4.69, 9.17) is 0 Å². The number of aromatic amines is 1. The number of benzene rings is 2. The predicted molar refractivity (Wildman–Crippen MR) is 118 cm³/mol. The van der Waals surface area contributed by atoms with Gasteiger partial charge in [0.25, 0.3) is 10.0 Å². The van der Waals surface area contributed by atoms with Crippen molar-refractivity contribution in [2.75, 3.05) is 7.05 Å². The molecule has 1 aliphatic rings. The Bertz CT molecular complexity index is 1400. The fraction of sp³-hybridized carbons (Fsp3) is 0.211. The minimum atomic E-state index is -3.97. The van der Waals surface area contributed by atoms with Crippen LogP contribution in [0.5, 0.6) is 0 Å². The molecule has 31 heavy (non-hydrogen) atoms. The molecule has 0 bridgehead atoms. The molecular formula is C19H20BN5O5S. The van der Waals surface area contributed by atoms with Gasteiger partial charge >= 0.3 is 12.8 Å². The summed E-state index contributed by atoms with van der Waals surface area (Å²) in [6, 6.07) is 9.44. The maximum Gasteiger partial charge on any atom is 0.488 e. The van der Waals surface area contributed by atoms with Gasteiger partial charge in [0.1, 0.15) is 4.90 Å². The van der Waals surface area contributed by atoms with Crippen molar-refractivity contribution < 1.29 is 18.5 Å². The summed E-state index contributed by atoms with van der Waals surface area (Å²) in [5.74, 6) is 0.118. The van der Waals surface area contributed by atoms with Crippen molar-refractivity contribution in [3.63, 3.8) is 0 Å². The number of H-pyrrole nitrogens is 1. The summed E-state index contributed by atoms with van der Waals surface area (Å²) in [6.07, 6.45) is 1.54. The lowest BCUT2D eigenvalue weighted by molar-refractivity contribution is 0.425. The van der Waals surface area contributed by atoms with E-state index in [0.717, 1.165) is 5.52 Å². The number of aromatic nitrogens is 2. The van der Waals surface area contributed by atoms with Gasteiger partial charge in [0.2, 0.25) is 0 Å². The molecule has 0 radical (unpaired) electrons. The second-order valence-electron chi connectivity index (χ2n) is 7.46. The molecule has 1 aliphatic heterocycles. The third-order valence-corrected chi connectivity index (χ3v) is 6.28. The van der Waals surface area contributed by atoms with Gasteiger partial charge in [-0.05, 0) is 43.1 Å². The summed E-state index contributed by atoms with van der Waals surface area (Å²) in [6.45, 7) is 3.83. The highest BCUT2D eigenvalue weighted by Gasteiger charge is 2.32. The van der Waals surface area contributed by atoms with E-state index in [1.165, 1.54) is 23.2 Å². The molecule has 4 rings (SSSR count). The van der Waals surface area contributed by atoms with E-state index < -0.39 is 17.1 Å². The van der Waals surface area contributed by atoms with Crippen molar-refractivity contribution >= 4 is 45.7 Å². The lowest BCUT2D eigenvalue weighted by Crippen LogP contribution is -2.30. The van der Waals surface area contributed by atoms with Gasteiger partial charge < -0.3 is 15.0 Å². The molecule has 0 spiro atoms. The Morgan fingerprint density at radius 2 is 1.97 bits per heavy atom. The largest absolute Gasteiger partial charge is 0.488 e.